The van der Waals surface area contributed by atoms with E-state index >= 15 is 0 Å². The third kappa shape index (κ3) is 4.52. The molecule has 1 aromatic carbocycles. The lowest BCUT2D eigenvalue weighted by atomic mass is 10.1. The Bertz CT molecular complexity index is 754. The number of carbonyl (C=O) groups is 1. The zero-order chi connectivity index (χ0) is 17.8. The summed E-state index contributed by atoms with van der Waals surface area (Å²) in [5.74, 6) is -0.0732. The molecule has 25 heavy (non-hydrogen) atoms. The first kappa shape index (κ1) is 17.8. The first-order valence-electron chi connectivity index (χ1n) is 8.96. The molecule has 2 N–H and O–H groups in total. The van der Waals surface area contributed by atoms with Gasteiger partial charge in [0.05, 0.1) is 28.5 Å². The van der Waals surface area contributed by atoms with Gasteiger partial charge in [-0.3, -0.25) is 4.79 Å². The molecular weight excluding hydrogens is 316 g/mol. The van der Waals surface area contributed by atoms with Gasteiger partial charge in [0.15, 0.2) is 0 Å². The summed E-state index contributed by atoms with van der Waals surface area (Å²) in [6.07, 6.45) is 2.47. The molecule has 134 valence electrons. The lowest BCUT2D eigenvalue weighted by Crippen LogP contribution is -2.37. The molecule has 1 aromatic heterocycles. The summed E-state index contributed by atoms with van der Waals surface area (Å²) in [5.41, 5.74) is 3.98. The van der Waals surface area contributed by atoms with Crippen LogP contribution in [0.15, 0.2) is 18.2 Å². The van der Waals surface area contributed by atoms with Gasteiger partial charge in [-0.2, -0.15) is 0 Å². The molecule has 1 saturated heterocycles. The maximum atomic E-state index is 12.3. The number of likely N-dealkylation sites (tertiary alicyclic amines) is 1. The maximum absolute atomic E-state index is 12.3. The van der Waals surface area contributed by atoms with Crippen LogP contribution in [0.3, 0.4) is 0 Å². The smallest absolute Gasteiger partial charge is 0.251 e. The van der Waals surface area contributed by atoms with Crippen molar-refractivity contribution in [1.82, 2.24) is 20.2 Å². The Morgan fingerprint density at radius 1 is 1.20 bits per heavy atom. The third-order valence-electron chi connectivity index (χ3n) is 4.83. The highest BCUT2D eigenvalue weighted by molar-refractivity contribution is 5.97. The van der Waals surface area contributed by atoms with E-state index in [2.05, 4.69) is 20.2 Å². The minimum absolute atomic E-state index is 0.0732. The number of aromatic nitrogens is 2. The van der Waals surface area contributed by atoms with Crippen LogP contribution in [-0.4, -0.2) is 58.2 Å². The number of rotatable bonds is 5. The fourth-order valence-corrected chi connectivity index (χ4v) is 3.12. The Labute approximate surface area is 148 Å². The molecule has 0 atom stereocenters. The first-order valence-corrected chi connectivity index (χ1v) is 8.96. The van der Waals surface area contributed by atoms with E-state index in [4.69, 9.17) is 0 Å². The van der Waals surface area contributed by atoms with Gasteiger partial charge in [-0.1, -0.05) is 0 Å². The summed E-state index contributed by atoms with van der Waals surface area (Å²) in [7, 11) is 0. The molecule has 2 aromatic rings. The molecule has 6 heteroatoms. The Balaban J connectivity index is 1.51. The van der Waals surface area contributed by atoms with Crippen LogP contribution < -0.4 is 5.32 Å². The predicted molar refractivity (Wildman–Crippen MR) is 97.6 cm³/mol. The van der Waals surface area contributed by atoms with Crippen molar-refractivity contribution in [2.45, 2.75) is 39.2 Å². The number of benzene rings is 1. The van der Waals surface area contributed by atoms with E-state index in [9.17, 15) is 9.90 Å². The Morgan fingerprint density at radius 3 is 2.60 bits per heavy atom. The van der Waals surface area contributed by atoms with Gasteiger partial charge in [-0.05, 0) is 57.9 Å². The molecule has 1 amide bonds. The van der Waals surface area contributed by atoms with Crippen molar-refractivity contribution >= 4 is 16.9 Å². The van der Waals surface area contributed by atoms with Crippen molar-refractivity contribution in [2.75, 3.05) is 26.2 Å². The topological polar surface area (TPSA) is 78.4 Å². The summed E-state index contributed by atoms with van der Waals surface area (Å²) in [6.45, 7) is 7.34. The molecule has 1 aliphatic rings. The van der Waals surface area contributed by atoms with Gasteiger partial charge in [0, 0.05) is 25.2 Å². The number of fused-ring (bicyclic) bond motifs is 1. The second-order valence-electron chi connectivity index (χ2n) is 6.78. The minimum Gasteiger partial charge on any atom is -0.393 e. The van der Waals surface area contributed by atoms with Gasteiger partial charge in [0.2, 0.25) is 0 Å². The highest BCUT2D eigenvalue weighted by Crippen LogP contribution is 2.14. The zero-order valence-electron chi connectivity index (χ0n) is 15.0. The lowest BCUT2D eigenvalue weighted by Gasteiger charge is -2.29. The van der Waals surface area contributed by atoms with Gasteiger partial charge in [-0.25, -0.2) is 9.97 Å². The summed E-state index contributed by atoms with van der Waals surface area (Å²) in [6, 6.07) is 5.45. The summed E-state index contributed by atoms with van der Waals surface area (Å²) in [4.78, 5) is 23.7. The van der Waals surface area contributed by atoms with Gasteiger partial charge in [-0.15, -0.1) is 0 Å². The minimum atomic E-state index is -0.139. The number of nitrogens with zero attached hydrogens (tertiary/aromatic N) is 3. The van der Waals surface area contributed by atoms with Crippen molar-refractivity contribution in [3.05, 3.63) is 35.2 Å². The second kappa shape index (κ2) is 7.89. The normalized spacial score (nSPS) is 16.3. The molecule has 0 radical (unpaired) electrons. The van der Waals surface area contributed by atoms with Crippen LogP contribution in [0.4, 0.5) is 0 Å². The van der Waals surface area contributed by atoms with Crippen molar-refractivity contribution < 1.29 is 9.90 Å². The number of aliphatic hydroxyl groups is 1. The number of piperidine rings is 1. The Hall–Kier alpha value is -2.05. The van der Waals surface area contributed by atoms with Crippen molar-refractivity contribution in [3.63, 3.8) is 0 Å². The van der Waals surface area contributed by atoms with Crippen LogP contribution in [0, 0.1) is 13.8 Å². The fraction of sp³-hybridized carbons (Fsp3) is 0.526. The van der Waals surface area contributed by atoms with Crippen LogP contribution in [0.1, 0.15) is 41.0 Å². The van der Waals surface area contributed by atoms with Crippen molar-refractivity contribution in [2.24, 2.45) is 0 Å². The maximum Gasteiger partial charge on any atom is 0.251 e. The molecule has 1 fully saturated rings. The third-order valence-corrected chi connectivity index (χ3v) is 4.83. The number of nitrogens with one attached hydrogen (secondary N) is 1. The van der Waals surface area contributed by atoms with E-state index in [0.29, 0.717) is 12.1 Å². The SMILES string of the molecule is Cc1nc2ccc(C(=O)NCCCN3CCC(O)CC3)cc2nc1C. The van der Waals surface area contributed by atoms with Crippen LogP contribution in [0.2, 0.25) is 0 Å². The quantitative estimate of drug-likeness (QED) is 0.811. The van der Waals surface area contributed by atoms with Crippen molar-refractivity contribution in [1.29, 1.82) is 0 Å². The monoisotopic (exact) mass is 342 g/mol. The average Bonchev–Trinajstić information content (AvgIpc) is 2.60. The molecule has 6 nitrogen and oxygen atoms in total. The standard InChI is InChI=1S/C19H26N4O2/c1-13-14(2)22-18-12-15(4-5-17(18)21-13)19(25)20-8-3-9-23-10-6-16(24)7-11-23/h4-5,12,16,24H,3,6-11H2,1-2H3,(H,20,25). The van der Waals surface area contributed by atoms with Crippen LogP contribution in [-0.2, 0) is 0 Å². The van der Waals surface area contributed by atoms with E-state index < -0.39 is 0 Å². The number of aliphatic hydroxyl groups excluding tert-OH is 1. The van der Waals surface area contributed by atoms with Gasteiger partial charge < -0.3 is 15.3 Å². The highest BCUT2D eigenvalue weighted by Gasteiger charge is 2.16. The van der Waals surface area contributed by atoms with Gasteiger partial charge in [0.25, 0.3) is 5.91 Å². The van der Waals surface area contributed by atoms with E-state index in [1.165, 1.54) is 0 Å². The molecular formula is C19H26N4O2. The number of hydrogen-bond acceptors (Lipinski definition) is 5. The highest BCUT2D eigenvalue weighted by atomic mass is 16.3. The van der Waals surface area contributed by atoms with Crippen molar-refractivity contribution in [3.8, 4) is 0 Å². The van der Waals surface area contributed by atoms with Gasteiger partial charge in [0.1, 0.15) is 0 Å². The van der Waals surface area contributed by atoms with Crippen LogP contribution in [0.25, 0.3) is 11.0 Å². The molecule has 0 aliphatic carbocycles. The average molecular weight is 342 g/mol. The summed E-state index contributed by atoms with van der Waals surface area (Å²) in [5, 5.41) is 12.5. The summed E-state index contributed by atoms with van der Waals surface area (Å²) < 4.78 is 0. The van der Waals surface area contributed by atoms with E-state index in [-0.39, 0.29) is 12.0 Å². The summed E-state index contributed by atoms with van der Waals surface area (Å²) >= 11 is 0. The Kier molecular flexibility index (Phi) is 5.60. The lowest BCUT2D eigenvalue weighted by molar-refractivity contribution is 0.0816. The molecule has 2 heterocycles. The molecule has 0 spiro atoms. The number of carbonyl (C=O) groups excluding carboxylic acids is 1. The van der Waals surface area contributed by atoms with E-state index in [0.717, 1.165) is 61.3 Å². The number of hydrogen-bond donors (Lipinski definition) is 2. The predicted octanol–water partition coefficient (Wildman–Crippen LogP) is 1.82. The van der Waals surface area contributed by atoms with E-state index in [1.807, 2.05) is 19.9 Å². The molecule has 1 aliphatic heterocycles. The molecule has 3 rings (SSSR count). The largest absolute Gasteiger partial charge is 0.393 e. The fourth-order valence-electron chi connectivity index (χ4n) is 3.12. The molecule has 0 saturated carbocycles. The zero-order valence-corrected chi connectivity index (χ0v) is 15.0. The molecule has 0 unspecified atom stereocenters. The second-order valence-corrected chi connectivity index (χ2v) is 6.78. The number of aryl methyl sites for hydroxylation is 2. The Morgan fingerprint density at radius 2 is 1.88 bits per heavy atom. The first-order chi connectivity index (χ1) is 12.0. The van der Waals surface area contributed by atoms with E-state index in [1.54, 1.807) is 12.1 Å². The van der Waals surface area contributed by atoms with Gasteiger partial charge >= 0.3 is 0 Å². The molecule has 0 bridgehead atoms. The number of amides is 1. The van der Waals surface area contributed by atoms with Crippen LogP contribution >= 0.6 is 0 Å². The van der Waals surface area contributed by atoms with Crippen LogP contribution in [0.5, 0.6) is 0 Å².